The van der Waals surface area contributed by atoms with E-state index in [-0.39, 0.29) is 0 Å². The summed E-state index contributed by atoms with van der Waals surface area (Å²) < 4.78 is 28.3. The molecular weight excluding hydrogens is 344 g/mol. The quantitative estimate of drug-likeness (QED) is 0.656. The first-order valence-electron chi connectivity index (χ1n) is 10.5. The van der Waals surface area contributed by atoms with E-state index in [1.807, 2.05) is 6.07 Å². The van der Waals surface area contributed by atoms with Crippen LogP contribution in [-0.4, -0.2) is 52.9 Å². The van der Waals surface area contributed by atoms with Gasteiger partial charge >= 0.3 is 0 Å². The average molecular weight is 381 g/mol. The standard InChI is InChI=1S/C22H36O5/c1-2-3-4-5-6-7-8-20-9-10-21-22(19-20)27-18-16-25-14-12-23-11-13-24-15-17-26-21/h9-10,19H,2-8,11-18H2,1H3. The third-order valence-electron chi connectivity index (χ3n) is 4.54. The number of aryl methyl sites for hydroxylation is 1. The van der Waals surface area contributed by atoms with E-state index >= 15 is 0 Å². The van der Waals surface area contributed by atoms with Crippen LogP contribution in [0.15, 0.2) is 18.2 Å². The fourth-order valence-electron chi connectivity index (χ4n) is 3.01. The molecule has 0 saturated heterocycles. The number of fused-ring (bicyclic) bond motifs is 1. The number of benzene rings is 1. The molecule has 0 atom stereocenters. The molecule has 0 spiro atoms. The first-order chi connectivity index (χ1) is 13.4. The predicted octanol–water partition coefficient (Wildman–Crippen LogP) is 4.41. The Bertz CT molecular complexity index is 492. The van der Waals surface area contributed by atoms with Crippen LogP contribution < -0.4 is 9.47 Å². The van der Waals surface area contributed by atoms with Crippen LogP contribution in [0.1, 0.15) is 51.0 Å². The van der Waals surface area contributed by atoms with Crippen LogP contribution in [0.3, 0.4) is 0 Å². The molecule has 154 valence electrons. The van der Waals surface area contributed by atoms with Crippen LogP contribution in [0.25, 0.3) is 0 Å². The molecule has 0 amide bonds. The van der Waals surface area contributed by atoms with E-state index < -0.39 is 0 Å². The zero-order chi connectivity index (χ0) is 19.0. The second-order valence-electron chi connectivity index (χ2n) is 6.83. The lowest BCUT2D eigenvalue weighted by atomic mass is 10.0. The SMILES string of the molecule is CCCCCCCCc1ccc2c(c1)OCCOCCOCCOCCO2. The van der Waals surface area contributed by atoms with Gasteiger partial charge in [-0.1, -0.05) is 45.1 Å². The first-order valence-corrected chi connectivity index (χ1v) is 10.5. The van der Waals surface area contributed by atoms with E-state index in [0.717, 1.165) is 17.9 Å². The largest absolute Gasteiger partial charge is 0.487 e. The van der Waals surface area contributed by atoms with Crippen molar-refractivity contribution in [2.24, 2.45) is 0 Å². The summed E-state index contributed by atoms with van der Waals surface area (Å²) in [4.78, 5) is 0. The van der Waals surface area contributed by atoms with Crippen LogP contribution in [0.2, 0.25) is 0 Å². The maximum atomic E-state index is 5.93. The lowest BCUT2D eigenvalue weighted by Crippen LogP contribution is -2.13. The fraction of sp³-hybridized carbons (Fsp3) is 0.727. The minimum atomic E-state index is 0.504. The molecule has 1 aromatic carbocycles. The van der Waals surface area contributed by atoms with E-state index in [9.17, 15) is 0 Å². The van der Waals surface area contributed by atoms with Crippen molar-refractivity contribution in [1.82, 2.24) is 0 Å². The van der Waals surface area contributed by atoms with Crippen molar-refractivity contribution < 1.29 is 23.7 Å². The highest BCUT2D eigenvalue weighted by atomic mass is 16.6. The van der Waals surface area contributed by atoms with Gasteiger partial charge in [0.15, 0.2) is 11.5 Å². The minimum absolute atomic E-state index is 0.504. The van der Waals surface area contributed by atoms with E-state index in [1.54, 1.807) is 0 Å². The Morgan fingerprint density at radius 3 is 1.85 bits per heavy atom. The van der Waals surface area contributed by atoms with Gasteiger partial charge in [-0.3, -0.25) is 0 Å². The Hall–Kier alpha value is -1.30. The van der Waals surface area contributed by atoms with Gasteiger partial charge < -0.3 is 23.7 Å². The molecule has 2 rings (SSSR count). The Morgan fingerprint density at radius 2 is 1.19 bits per heavy atom. The van der Waals surface area contributed by atoms with Crippen molar-refractivity contribution in [2.75, 3.05) is 52.9 Å². The first kappa shape index (κ1) is 22.0. The molecule has 1 aliphatic heterocycles. The highest BCUT2D eigenvalue weighted by molar-refractivity contribution is 5.43. The third kappa shape index (κ3) is 9.99. The monoisotopic (exact) mass is 380 g/mol. The molecule has 27 heavy (non-hydrogen) atoms. The van der Waals surface area contributed by atoms with Gasteiger partial charge in [0.25, 0.3) is 0 Å². The van der Waals surface area contributed by atoms with Gasteiger partial charge in [-0.15, -0.1) is 0 Å². The predicted molar refractivity (Wildman–Crippen MR) is 107 cm³/mol. The van der Waals surface area contributed by atoms with Crippen molar-refractivity contribution in [3.8, 4) is 11.5 Å². The highest BCUT2D eigenvalue weighted by Gasteiger charge is 2.08. The molecule has 1 aliphatic rings. The number of hydrogen-bond acceptors (Lipinski definition) is 5. The summed E-state index contributed by atoms with van der Waals surface area (Å²) in [6.45, 7) is 6.66. The molecule has 5 nitrogen and oxygen atoms in total. The van der Waals surface area contributed by atoms with Crippen LogP contribution >= 0.6 is 0 Å². The number of rotatable bonds is 7. The summed E-state index contributed by atoms with van der Waals surface area (Å²) in [7, 11) is 0. The van der Waals surface area contributed by atoms with Gasteiger partial charge in [0.05, 0.1) is 39.6 Å². The van der Waals surface area contributed by atoms with Crippen molar-refractivity contribution >= 4 is 0 Å². The molecule has 0 aliphatic carbocycles. The maximum absolute atomic E-state index is 5.93. The molecule has 0 saturated carbocycles. The Morgan fingerprint density at radius 1 is 0.630 bits per heavy atom. The van der Waals surface area contributed by atoms with Gasteiger partial charge in [-0.25, -0.2) is 0 Å². The van der Waals surface area contributed by atoms with Crippen LogP contribution in [0, 0.1) is 0 Å². The highest BCUT2D eigenvalue weighted by Crippen LogP contribution is 2.29. The van der Waals surface area contributed by atoms with Crippen molar-refractivity contribution in [3.05, 3.63) is 23.8 Å². The molecule has 1 aromatic rings. The third-order valence-corrected chi connectivity index (χ3v) is 4.54. The zero-order valence-corrected chi connectivity index (χ0v) is 16.9. The van der Waals surface area contributed by atoms with Crippen LogP contribution in [0.5, 0.6) is 11.5 Å². The van der Waals surface area contributed by atoms with E-state index in [4.69, 9.17) is 23.7 Å². The maximum Gasteiger partial charge on any atom is 0.161 e. The summed E-state index contributed by atoms with van der Waals surface area (Å²) in [5.74, 6) is 1.57. The van der Waals surface area contributed by atoms with Crippen LogP contribution in [-0.2, 0) is 20.6 Å². The number of unbranched alkanes of at least 4 members (excludes halogenated alkanes) is 5. The Labute approximate surface area is 164 Å². The van der Waals surface area contributed by atoms with E-state index in [1.165, 1.54) is 44.1 Å². The summed E-state index contributed by atoms with van der Waals surface area (Å²) in [5.41, 5.74) is 1.30. The minimum Gasteiger partial charge on any atom is -0.487 e. The molecule has 0 radical (unpaired) electrons. The van der Waals surface area contributed by atoms with Gasteiger partial charge in [-0.05, 0) is 30.5 Å². The Balaban J connectivity index is 1.85. The van der Waals surface area contributed by atoms with Gasteiger partial charge in [0.2, 0.25) is 0 Å². The van der Waals surface area contributed by atoms with Gasteiger partial charge in [0.1, 0.15) is 13.2 Å². The normalized spacial score (nSPS) is 17.1. The Kier molecular flexibility index (Phi) is 12.0. The average Bonchev–Trinajstić information content (AvgIpc) is 2.69. The topological polar surface area (TPSA) is 46.2 Å². The lowest BCUT2D eigenvalue weighted by Gasteiger charge is -2.14. The van der Waals surface area contributed by atoms with Crippen LogP contribution in [0.4, 0.5) is 0 Å². The molecule has 0 bridgehead atoms. The molecule has 1 heterocycles. The lowest BCUT2D eigenvalue weighted by molar-refractivity contribution is 0.00708. The van der Waals surface area contributed by atoms with Gasteiger partial charge in [0, 0.05) is 0 Å². The fourth-order valence-corrected chi connectivity index (χ4v) is 3.01. The molecule has 0 aromatic heterocycles. The molecule has 5 heteroatoms. The molecule has 0 fully saturated rings. The molecular formula is C22H36O5. The van der Waals surface area contributed by atoms with Crippen molar-refractivity contribution in [2.45, 2.75) is 51.9 Å². The van der Waals surface area contributed by atoms with Crippen molar-refractivity contribution in [3.63, 3.8) is 0 Å². The molecule has 0 unspecified atom stereocenters. The smallest absolute Gasteiger partial charge is 0.161 e. The summed E-state index contributed by atoms with van der Waals surface area (Å²) >= 11 is 0. The van der Waals surface area contributed by atoms with E-state index in [0.29, 0.717) is 52.9 Å². The second-order valence-corrected chi connectivity index (χ2v) is 6.83. The zero-order valence-electron chi connectivity index (χ0n) is 16.9. The second kappa shape index (κ2) is 14.7. The summed E-state index contributed by atoms with van der Waals surface area (Å²) in [5, 5.41) is 0. The number of ether oxygens (including phenoxy) is 5. The molecule has 0 N–H and O–H groups in total. The summed E-state index contributed by atoms with van der Waals surface area (Å²) in [6, 6.07) is 6.28. The van der Waals surface area contributed by atoms with Gasteiger partial charge in [-0.2, -0.15) is 0 Å². The van der Waals surface area contributed by atoms with E-state index in [2.05, 4.69) is 19.1 Å². The van der Waals surface area contributed by atoms with Crippen molar-refractivity contribution in [1.29, 1.82) is 0 Å². The number of hydrogen-bond donors (Lipinski definition) is 0. The summed E-state index contributed by atoms with van der Waals surface area (Å²) in [6.07, 6.45) is 8.93.